The number of phenols is 1. The minimum absolute atomic E-state index is 0.0102. The molecule has 0 saturated carbocycles. The zero-order valence-electron chi connectivity index (χ0n) is 26.8. The van der Waals surface area contributed by atoms with Crippen LogP contribution in [0.1, 0.15) is 37.4 Å². The molecule has 5 aromatic rings. The molecule has 6 rings (SSSR count). The lowest BCUT2D eigenvalue weighted by atomic mass is 9.73. The number of hydrogen-bond acceptors (Lipinski definition) is 11. The summed E-state index contributed by atoms with van der Waals surface area (Å²) < 4.78 is 80.2. The molecule has 1 fully saturated rings. The quantitative estimate of drug-likeness (QED) is 0.118. The van der Waals surface area contributed by atoms with Gasteiger partial charge in [0, 0.05) is 34.4 Å². The third kappa shape index (κ3) is 6.03. The number of nitrogens with two attached hydrogens (primary N) is 2. The summed E-state index contributed by atoms with van der Waals surface area (Å²) in [6.45, 7) is 3.69. The second kappa shape index (κ2) is 13.2. The van der Waals surface area contributed by atoms with Crippen molar-refractivity contribution in [2.45, 2.75) is 32.7 Å². The van der Waals surface area contributed by atoms with Crippen molar-refractivity contribution in [3.63, 3.8) is 0 Å². The number of phenolic OH excluding ortho intramolecular Hbond substituents is 1. The molecule has 10 nitrogen and oxygen atoms in total. The molecule has 0 unspecified atom stereocenters. The monoisotopic (exact) mass is 732 g/mol. The molecule has 4 heterocycles. The van der Waals surface area contributed by atoms with Gasteiger partial charge in [0.1, 0.15) is 45.6 Å². The van der Waals surface area contributed by atoms with E-state index in [1.165, 1.54) is 6.07 Å². The Hall–Kier alpha value is -4.72. The van der Waals surface area contributed by atoms with E-state index >= 15 is 4.39 Å². The van der Waals surface area contributed by atoms with E-state index in [1.54, 1.807) is 20.9 Å². The van der Waals surface area contributed by atoms with Crippen molar-refractivity contribution in [1.82, 2.24) is 19.9 Å². The van der Waals surface area contributed by atoms with E-state index in [4.69, 9.17) is 27.8 Å². The topological polar surface area (TPSA) is 159 Å². The number of nitrogens with one attached hydrogen (secondary N) is 1. The number of piperidine rings is 1. The fourth-order valence-corrected chi connectivity index (χ4v) is 7.84. The number of thiophene rings is 1. The van der Waals surface area contributed by atoms with E-state index in [2.05, 4.69) is 20.3 Å². The molecule has 3 aromatic heterocycles. The maximum atomic E-state index is 16.9. The van der Waals surface area contributed by atoms with Gasteiger partial charge in [-0.15, -0.1) is 11.3 Å². The number of aromatic hydroxyl groups is 1. The van der Waals surface area contributed by atoms with Crippen molar-refractivity contribution in [2.24, 2.45) is 11.3 Å². The van der Waals surface area contributed by atoms with Crippen LogP contribution >= 0.6 is 22.9 Å². The lowest BCUT2D eigenvalue weighted by Gasteiger charge is -2.44. The molecule has 1 aliphatic heterocycles. The fourth-order valence-electron chi connectivity index (χ4n) is 6.61. The van der Waals surface area contributed by atoms with Gasteiger partial charge in [0.15, 0.2) is 5.82 Å². The molecule has 0 spiro atoms. The van der Waals surface area contributed by atoms with E-state index in [0.717, 1.165) is 29.7 Å². The Morgan fingerprint density at radius 3 is 2.68 bits per heavy atom. The van der Waals surface area contributed by atoms with Gasteiger partial charge in [0.25, 0.3) is 0 Å². The maximum absolute atomic E-state index is 16.9. The van der Waals surface area contributed by atoms with Crippen LogP contribution in [0.5, 0.6) is 11.8 Å². The molecule has 262 valence electrons. The first kappa shape index (κ1) is 35.1. The second-order valence-electron chi connectivity index (χ2n) is 12.6. The summed E-state index contributed by atoms with van der Waals surface area (Å²) in [6, 6.07) is 4.01. The number of likely N-dealkylation sites (tertiary alicyclic amines) is 1. The fraction of sp³-hybridized carbons (Fsp3) is 0.333. The number of nitriles is 1. The van der Waals surface area contributed by atoms with Gasteiger partial charge in [-0.1, -0.05) is 24.6 Å². The van der Waals surface area contributed by atoms with Crippen LogP contribution in [0.25, 0.3) is 32.1 Å². The van der Waals surface area contributed by atoms with Crippen molar-refractivity contribution in [2.75, 3.05) is 43.5 Å². The summed E-state index contributed by atoms with van der Waals surface area (Å²) in [7, 11) is 1.80. The van der Waals surface area contributed by atoms with Gasteiger partial charge in [-0.25, -0.2) is 26.9 Å². The third-order valence-corrected chi connectivity index (χ3v) is 10.5. The molecular weight excluding hydrogens is 703 g/mol. The summed E-state index contributed by atoms with van der Waals surface area (Å²) in [6.07, 6.45) is -1.48. The number of nitrogens with zero attached hydrogens (tertiary/aromatic N) is 5. The molecule has 0 radical (unpaired) electrons. The largest absolute Gasteiger partial charge is 0.506 e. The average Bonchev–Trinajstić information content (AvgIpc) is 3.41. The Balaban J connectivity index is 1.56. The summed E-state index contributed by atoms with van der Waals surface area (Å²) >= 11 is 7.43. The first-order valence-corrected chi connectivity index (χ1v) is 16.4. The molecule has 0 bridgehead atoms. The molecule has 1 aliphatic rings. The minimum atomic E-state index is -2.63. The number of pyridine rings is 1. The number of halogens is 6. The SMILES string of the molecule is C[C@@H](Nc1nc(OC[C@]2(C)CN(C)CC[C@@H]2C(F)F)nc2c(F)c(-c3ccc(F)c4sc(N)c(C#N)c34)c(Cl)c(O)c12)c1cc(F)cnc1N. The normalized spacial score (nSPS) is 18.9. The highest BCUT2D eigenvalue weighted by Crippen LogP contribution is 2.50. The number of hydrogen-bond donors (Lipinski definition) is 4. The van der Waals surface area contributed by atoms with Gasteiger partial charge in [-0.2, -0.15) is 15.2 Å². The number of benzene rings is 2. The Labute approximate surface area is 291 Å². The highest BCUT2D eigenvalue weighted by atomic mass is 35.5. The van der Waals surface area contributed by atoms with Gasteiger partial charge in [-0.3, -0.25) is 0 Å². The van der Waals surface area contributed by atoms with Crippen LogP contribution in [0, 0.1) is 40.1 Å². The van der Waals surface area contributed by atoms with E-state index in [0.29, 0.717) is 6.54 Å². The number of fused-ring (bicyclic) bond motifs is 2. The summed E-state index contributed by atoms with van der Waals surface area (Å²) in [5, 5.41) is 23.5. The van der Waals surface area contributed by atoms with Crippen molar-refractivity contribution in [3.8, 4) is 29.0 Å². The number of alkyl halides is 2. The molecule has 6 N–H and O–H groups in total. The van der Waals surface area contributed by atoms with E-state index in [9.17, 15) is 27.9 Å². The Morgan fingerprint density at radius 1 is 1.24 bits per heavy atom. The van der Waals surface area contributed by atoms with Crippen LogP contribution in [-0.4, -0.2) is 58.1 Å². The maximum Gasteiger partial charge on any atom is 0.319 e. The zero-order chi connectivity index (χ0) is 36.2. The highest BCUT2D eigenvalue weighted by Gasteiger charge is 2.44. The molecular formula is C33H30ClF5N8O2S. The van der Waals surface area contributed by atoms with Crippen molar-refractivity contribution in [3.05, 3.63) is 58.0 Å². The molecule has 2 aromatic carbocycles. The van der Waals surface area contributed by atoms with Crippen molar-refractivity contribution >= 4 is 60.6 Å². The molecule has 1 saturated heterocycles. The van der Waals surface area contributed by atoms with Gasteiger partial charge in [-0.05, 0) is 44.6 Å². The van der Waals surface area contributed by atoms with Crippen LogP contribution in [0.2, 0.25) is 5.02 Å². The standard InChI is InChI=1S/C33H30ClF5N8O2S/c1-13(16-8-14(35)10-43-29(16)41)44-31-22-25(45-32(46-31)49-12-33(2)11-47(3)7-6-18(33)28(38)39)24(37)21(23(34)26(22)48)15-4-5-19(36)27-20(15)17(9-40)30(42)50-27/h4-5,8,10,13,18,28,48H,6-7,11-12,42H2,1-3H3,(H2,41,43)(H,44,45,46)/t13-,18-,33+/m1/s1. The summed E-state index contributed by atoms with van der Waals surface area (Å²) in [4.78, 5) is 14.4. The van der Waals surface area contributed by atoms with Crippen LogP contribution < -0.4 is 21.5 Å². The number of ether oxygens (including phenoxy) is 1. The molecule has 50 heavy (non-hydrogen) atoms. The summed E-state index contributed by atoms with van der Waals surface area (Å²) in [5.41, 5.74) is 10.0. The molecule has 0 aliphatic carbocycles. The second-order valence-corrected chi connectivity index (χ2v) is 14.0. The lowest BCUT2D eigenvalue weighted by molar-refractivity contribution is -0.0679. The van der Waals surface area contributed by atoms with Gasteiger partial charge >= 0.3 is 6.01 Å². The van der Waals surface area contributed by atoms with Crippen LogP contribution in [0.15, 0.2) is 24.4 Å². The van der Waals surface area contributed by atoms with Gasteiger partial charge in [0.05, 0.1) is 39.5 Å². The minimum Gasteiger partial charge on any atom is -0.506 e. The van der Waals surface area contributed by atoms with Gasteiger partial charge < -0.3 is 31.5 Å². The number of nitrogen functional groups attached to an aromatic ring is 2. The molecule has 17 heteroatoms. The van der Waals surface area contributed by atoms with Crippen molar-refractivity contribution in [1.29, 1.82) is 5.26 Å². The van der Waals surface area contributed by atoms with Crippen LogP contribution in [0.3, 0.4) is 0 Å². The van der Waals surface area contributed by atoms with Gasteiger partial charge in [0.2, 0.25) is 6.43 Å². The molecule has 0 amide bonds. The Bertz CT molecular complexity index is 2200. The van der Waals surface area contributed by atoms with E-state index in [-0.39, 0.29) is 68.4 Å². The Morgan fingerprint density at radius 2 is 1.98 bits per heavy atom. The predicted molar refractivity (Wildman–Crippen MR) is 182 cm³/mol. The van der Waals surface area contributed by atoms with E-state index < -0.39 is 69.1 Å². The van der Waals surface area contributed by atoms with Crippen molar-refractivity contribution < 1.29 is 31.8 Å². The first-order valence-electron chi connectivity index (χ1n) is 15.2. The highest BCUT2D eigenvalue weighted by molar-refractivity contribution is 7.23. The smallest absolute Gasteiger partial charge is 0.319 e. The van der Waals surface area contributed by atoms with E-state index in [1.807, 2.05) is 11.0 Å². The number of rotatable bonds is 8. The number of aromatic nitrogens is 3. The van der Waals surface area contributed by atoms with Crippen LogP contribution in [0.4, 0.5) is 38.6 Å². The first-order chi connectivity index (χ1) is 23.6. The summed E-state index contributed by atoms with van der Waals surface area (Å²) in [5.74, 6) is -4.44. The predicted octanol–water partition coefficient (Wildman–Crippen LogP) is 7.49. The molecule has 3 atom stereocenters. The third-order valence-electron chi connectivity index (χ3n) is 9.10. The van der Waals surface area contributed by atoms with Crippen LogP contribution in [-0.2, 0) is 0 Å². The zero-order valence-corrected chi connectivity index (χ0v) is 28.4. The lowest BCUT2D eigenvalue weighted by Crippen LogP contribution is -2.51. The Kier molecular flexibility index (Phi) is 9.27. The number of anilines is 3. The average molecular weight is 733 g/mol.